The van der Waals surface area contributed by atoms with Gasteiger partial charge in [0.25, 0.3) is 0 Å². The Bertz CT molecular complexity index is 141. The number of hydrogen-bond donors (Lipinski definition) is 2. The molecular formula is C4H7NO2S2Zn+2. The molecular weight excluding hydrogens is 224 g/mol. The number of nitrogens with zero attached hydrogens (tertiary/aromatic N) is 1. The first-order valence-corrected chi connectivity index (χ1v) is 3.05. The topological polar surface area (TPSA) is 40.5 Å². The van der Waals surface area contributed by atoms with Gasteiger partial charge in [-0.3, -0.25) is 4.79 Å². The third kappa shape index (κ3) is 6.45. The fourth-order valence-electron chi connectivity index (χ4n) is 0.271. The smallest absolute Gasteiger partial charge is 0.480 e. The SMILES string of the molecule is CN(CC(=O)O)C(=S)S.[Zn+2]. The molecule has 3 nitrogen and oxygen atoms in total. The Hall–Kier alpha value is 0.333. The molecule has 0 saturated carbocycles. The molecule has 1 N–H and O–H groups in total. The van der Waals surface area contributed by atoms with Gasteiger partial charge in [0.2, 0.25) is 0 Å². The summed E-state index contributed by atoms with van der Waals surface area (Å²) in [6, 6.07) is 0. The van der Waals surface area contributed by atoms with E-state index in [1.165, 1.54) is 4.90 Å². The molecule has 0 aromatic rings. The average Bonchev–Trinajstić information content (AvgIpc) is 1.63. The maximum absolute atomic E-state index is 9.98. The summed E-state index contributed by atoms with van der Waals surface area (Å²) in [7, 11) is 1.57. The molecule has 0 fully saturated rings. The van der Waals surface area contributed by atoms with E-state index in [-0.39, 0.29) is 30.3 Å². The van der Waals surface area contributed by atoms with Crippen molar-refractivity contribution in [3.63, 3.8) is 0 Å². The zero-order valence-corrected chi connectivity index (χ0v) is 10.3. The van der Waals surface area contributed by atoms with Gasteiger partial charge in [-0.1, -0.05) is 12.2 Å². The van der Waals surface area contributed by atoms with E-state index in [1.807, 2.05) is 0 Å². The normalized spacial score (nSPS) is 7.80. The van der Waals surface area contributed by atoms with Gasteiger partial charge in [0.15, 0.2) is 0 Å². The van der Waals surface area contributed by atoms with Crippen LogP contribution in [0.3, 0.4) is 0 Å². The van der Waals surface area contributed by atoms with Gasteiger partial charge >= 0.3 is 25.4 Å². The van der Waals surface area contributed by atoms with E-state index < -0.39 is 5.97 Å². The second kappa shape index (κ2) is 6.07. The van der Waals surface area contributed by atoms with E-state index in [1.54, 1.807) is 7.05 Å². The van der Waals surface area contributed by atoms with Gasteiger partial charge in [-0.05, 0) is 0 Å². The van der Waals surface area contributed by atoms with Crippen molar-refractivity contribution >= 4 is 35.1 Å². The number of hydrogen-bond acceptors (Lipinski definition) is 2. The van der Waals surface area contributed by atoms with Gasteiger partial charge in [0.05, 0.1) is 0 Å². The molecule has 0 heterocycles. The van der Waals surface area contributed by atoms with Crippen molar-refractivity contribution in [3.05, 3.63) is 0 Å². The van der Waals surface area contributed by atoms with Crippen molar-refractivity contribution in [2.45, 2.75) is 0 Å². The summed E-state index contributed by atoms with van der Waals surface area (Å²) in [5, 5.41) is 8.20. The third-order valence-electron chi connectivity index (χ3n) is 0.699. The second-order valence-electron chi connectivity index (χ2n) is 1.53. The van der Waals surface area contributed by atoms with Crippen LogP contribution in [0.2, 0.25) is 0 Å². The van der Waals surface area contributed by atoms with Crippen LogP contribution in [0.5, 0.6) is 0 Å². The number of likely N-dealkylation sites (N-methyl/N-ethyl adjacent to an activating group) is 1. The minimum absolute atomic E-state index is 0. The molecule has 0 amide bonds. The van der Waals surface area contributed by atoms with Crippen LogP contribution in [0.25, 0.3) is 0 Å². The molecule has 0 aliphatic heterocycles. The van der Waals surface area contributed by atoms with E-state index in [2.05, 4.69) is 24.8 Å². The van der Waals surface area contributed by atoms with Gasteiger partial charge < -0.3 is 10.0 Å². The molecule has 0 aliphatic rings. The van der Waals surface area contributed by atoms with Crippen molar-refractivity contribution in [2.24, 2.45) is 0 Å². The number of aliphatic carboxylic acids is 1. The maximum atomic E-state index is 9.98. The zero-order chi connectivity index (χ0) is 7.44. The summed E-state index contributed by atoms with van der Waals surface area (Å²) in [6.45, 7) is -0.0949. The molecule has 0 rings (SSSR count). The summed E-state index contributed by atoms with van der Waals surface area (Å²) < 4.78 is 0.289. The van der Waals surface area contributed by atoms with Gasteiger partial charge in [0, 0.05) is 7.05 Å². The second-order valence-corrected chi connectivity index (χ2v) is 2.65. The Morgan fingerprint density at radius 3 is 2.30 bits per heavy atom. The monoisotopic (exact) mass is 229 g/mol. The van der Waals surface area contributed by atoms with Gasteiger partial charge in [-0.2, -0.15) is 0 Å². The summed E-state index contributed by atoms with van der Waals surface area (Å²) in [5.74, 6) is -0.908. The van der Waals surface area contributed by atoms with E-state index >= 15 is 0 Å². The maximum Gasteiger partial charge on any atom is 2.00 e. The zero-order valence-electron chi connectivity index (χ0n) is 5.57. The van der Waals surface area contributed by atoms with Gasteiger partial charge in [-0.25, -0.2) is 0 Å². The van der Waals surface area contributed by atoms with Crippen molar-refractivity contribution in [1.82, 2.24) is 4.90 Å². The molecule has 52 valence electrons. The Morgan fingerprint density at radius 2 is 2.20 bits per heavy atom. The van der Waals surface area contributed by atoms with Crippen LogP contribution < -0.4 is 0 Å². The van der Waals surface area contributed by atoms with Crippen molar-refractivity contribution in [1.29, 1.82) is 0 Å². The summed E-state index contributed by atoms with van der Waals surface area (Å²) in [4.78, 5) is 11.3. The van der Waals surface area contributed by atoms with Crippen molar-refractivity contribution < 1.29 is 29.4 Å². The van der Waals surface area contributed by atoms with E-state index in [0.717, 1.165) is 0 Å². The fraction of sp³-hybridized carbons (Fsp3) is 0.500. The predicted molar refractivity (Wildman–Crippen MR) is 41.8 cm³/mol. The Morgan fingerprint density at radius 1 is 1.80 bits per heavy atom. The van der Waals surface area contributed by atoms with Gasteiger partial charge in [0.1, 0.15) is 10.9 Å². The van der Waals surface area contributed by atoms with Crippen LogP contribution in [0.4, 0.5) is 0 Å². The van der Waals surface area contributed by atoms with Crippen LogP contribution in [0, 0.1) is 0 Å². The van der Waals surface area contributed by atoms with Crippen LogP contribution >= 0.6 is 24.8 Å². The molecule has 0 unspecified atom stereocenters. The van der Waals surface area contributed by atoms with E-state index in [0.29, 0.717) is 0 Å². The Kier molecular flexibility index (Phi) is 7.87. The Balaban J connectivity index is 0. The largest absolute Gasteiger partial charge is 2.00 e. The van der Waals surface area contributed by atoms with Crippen LogP contribution in [-0.4, -0.2) is 33.9 Å². The number of thiocarbonyl (C=S) groups is 1. The number of carboxylic acids is 1. The molecule has 10 heavy (non-hydrogen) atoms. The van der Waals surface area contributed by atoms with E-state index in [9.17, 15) is 4.79 Å². The molecule has 0 aliphatic carbocycles. The quantitative estimate of drug-likeness (QED) is 0.404. The summed E-state index contributed by atoms with van der Waals surface area (Å²) in [5.41, 5.74) is 0. The predicted octanol–water partition coefficient (Wildman–Crippen LogP) is 0.215. The first-order chi connectivity index (χ1) is 4.04. The number of carbonyl (C=O) groups is 1. The molecule has 6 heteroatoms. The minimum atomic E-state index is -0.908. The van der Waals surface area contributed by atoms with Crippen LogP contribution in [-0.2, 0) is 24.3 Å². The van der Waals surface area contributed by atoms with Gasteiger partial charge in [-0.15, -0.1) is 12.6 Å². The fourth-order valence-corrected chi connectivity index (χ4v) is 0.406. The van der Waals surface area contributed by atoms with Crippen LogP contribution in [0.15, 0.2) is 0 Å². The van der Waals surface area contributed by atoms with Crippen molar-refractivity contribution in [3.8, 4) is 0 Å². The summed E-state index contributed by atoms with van der Waals surface area (Å²) in [6.07, 6.45) is 0. The van der Waals surface area contributed by atoms with Crippen LogP contribution in [0.1, 0.15) is 0 Å². The molecule has 0 saturated heterocycles. The van der Waals surface area contributed by atoms with Crippen molar-refractivity contribution in [2.75, 3.05) is 13.6 Å². The molecule has 0 aromatic heterocycles. The standard InChI is InChI=1S/C4H7NO2S2.Zn/c1-5(4(8)9)2-3(6)7;/h2H2,1H3,(H,6,7)(H,8,9);/q;+2. The average molecular weight is 231 g/mol. The molecule has 0 aromatic carbocycles. The Labute approximate surface area is 82.9 Å². The number of thiol groups is 1. The first kappa shape index (κ1) is 13.0. The third-order valence-corrected chi connectivity index (χ3v) is 1.35. The number of rotatable bonds is 2. The number of carboxylic acid groups (broad SMARTS) is 1. The molecule has 0 radical (unpaired) electrons. The first-order valence-electron chi connectivity index (χ1n) is 2.20. The van der Waals surface area contributed by atoms with E-state index in [4.69, 9.17) is 5.11 Å². The molecule has 0 atom stereocenters. The summed E-state index contributed by atoms with van der Waals surface area (Å²) >= 11 is 8.33. The minimum Gasteiger partial charge on any atom is -0.480 e. The molecule has 0 bridgehead atoms. The molecule has 0 spiro atoms.